The van der Waals surface area contributed by atoms with Crippen LogP contribution >= 0.6 is 0 Å². The molecule has 3 amide bonds. The number of nitrogens with zero attached hydrogens (tertiary/aromatic N) is 3. The molecule has 1 aliphatic rings. The third kappa shape index (κ3) is 7.12. The highest BCUT2D eigenvalue weighted by Crippen LogP contribution is 2.26. The summed E-state index contributed by atoms with van der Waals surface area (Å²) >= 11 is 0. The number of carboxylic acids is 1. The average Bonchev–Trinajstić information content (AvgIpc) is 3.38. The maximum atomic E-state index is 13.8. The number of carbonyl (C=O) groups excluding carboxylic acids is 3. The largest absolute Gasteiger partial charge is 0.476 e. The molecule has 39 heavy (non-hydrogen) atoms. The molecule has 12 heteroatoms. The van der Waals surface area contributed by atoms with Crippen LogP contribution in [0.4, 0.5) is 0 Å². The maximum Gasteiger partial charge on any atom is 0.358 e. The van der Waals surface area contributed by atoms with Gasteiger partial charge in [-0.1, -0.05) is 51.0 Å². The highest BCUT2D eigenvalue weighted by molar-refractivity contribution is 5.90. The molecule has 1 saturated heterocycles. The lowest BCUT2D eigenvalue weighted by atomic mass is 9.93. The van der Waals surface area contributed by atoms with E-state index < -0.39 is 29.9 Å². The number of hydrogen-bond acceptors (Lipinski definition) is 6. The van der Waals surface area contributed by atoms with Crippen molar-refractivity contribution in [3.05, 3.63) is 42.0 Å². The molecule has 4 unspecified atom stereocenters. The van der Waals surface area contributed by atoms with Gasteiger partial charge in [-0.2, -0.15) is 0 Å². The van der Waals surface area contributed by atoms with Crippen LogP contribution in [0.2, 0.25) is 0 Å². The van der Waals surface area contributed by atoms with Gasteiger partial charge in [-0.25, -0.2) is 15.7 Å². The Kier molecular flexibility index (Phi) is 10.8. The average molecular weight is 546 g/mol. The van der Waals surface area contributed by atoms with Crippen LogP contribution in [0.5, 0.6) is 0 Å². The second-order valence-corrected chi connectivity index (χ2v) is 10.2. The first-order valence-electron chi connectivity index (χ1n) is 13.8. The number of aromatic carboxylic acids is 1. The van der Waals surface area contributed by atoms with Crippen LogP contribution in [0.1, 0.15) is 94.4 Å². The molecule has 1 aliphatic heterocycles. The SMILES string of the molecule is CCCCCC(CC(=O)NO)C(=O)N1NCCCC1C(=O)NC(c1cc[n+]2cccc(C(=O)O)n12)C(C)CC. The molecule has 3 heterocycles. The van der Waals surface area contributed by atoms with E-state index in [2.05, 4.69) is 10.7 Å². The number of aromatic nitrogens is 2. The van der Waals surface area contributed by atoms with E-state index in [0.29, 0.717) is 31.5 Å². The van der Waals surface area contributed by atoms with E-state index in [0.717, 1.165) is 25.7 Å². The quantitative estimate of drug-likeness (QED) is 0.112. The fraction of sp³-hybridized carbons (Fsp3) is 0.593. The minimum absolute atomic E-state index is 0.0368. The number of carboxylic acid groups (broad SMARTS) is 1. The number of hydroxylamine groups is 1. The summed E-state index contributed by atoms with van der Waals surface area (Å²) in [4.78, 5) is 51.3. The van der Waals surface area contributed by atoms with E-state index in [-0.39, 0.29) is 29.8 Å². The third-order valence-corrected chi connectivity index (χ3v) is 7.49. The van der Waals surface area contributed by atoms with Gasteiger partial charge in [0.15, 0.2) is 5.69 Å². The molecule has 2 aromatic rings. The molecule has 2 aromatic heterocycles. The minimum Gasteiger partial charge on any atom is -0.476 e. The molecule has 12 nitrogen and oxygen atoms in total. The summed E-state index contributed by atoms with van der Waals surface area (Å²) in [5.74, 6) is -3.16. The zero-order chi connectivity index (χ0) is 28.5. The van der Waals surface area contributed by atoms with Gasteiger partial charge in [-0.3, -0.25) is 24.6 Å². The van der Waals surface area contributed by atoms with Gasteiger partial charge in [0.05, 0.1) is 6.04 Å². The molecular formula is C27H41N6O6+. The van der Waals surface area contributed by atoms with Gasteiger partial charge in [0.25, 0.3) is 0 Å². The second-order valence-electron chi connectivity index (χ2n) is 10.2. The monoisotopic (exact) mass is 545 g/mol. The van der Waals surface area contributed by atoms with E-state index in [1.165, 1.54) is 11.1 Å². The van der Waals surface area contributed by atoms with Crippen molar-refractivity contribution in [2.75, 3.05) is 6.54 Å². The fourth-order valence-electron chi connectivity index (χ4n) is 5.12. The van der Waals surface area contributed by atoms with Crippen molar-refractivity contribution < 1.29 is 34.0 Å². The molecular weight excluding hydrogens is 504 g/mol. The van der Waals surface area contributed by atoms with Crippen LogP contribution in [-0.2, 0) is 14.4 Å². The Bertz CT molecular complexity index is 1170. The number of nitrogens with one attached hydrogen (secondary N) is 3. The Hall–Kier alpha value is -3.51. The molecule has 3 rings (SSSR count). The van der Waals surface area contributed by atoms with Crippen molar-refractivity contribution in [2.24, 2.45) is 11.8 Å². The fourth-order valence-corrected chi connectivity index (χ4v) is 5.12. The highest BCUT2D eigenvalue weighted by Gasteiger charge is 2.38. The van der Waals surface area contributed by atoms with E-state index in [9.17, 15) is 24.3 Å². The third-order valence-electron chi connectivity index (χ3n) is 7.49. The summed E-state index contributed by atoms with van der Waals surface area (Å²) in [5.41, 5.74) is 5.35. The Labute approximate surface area is 228 Å². The first-order chi connectivity index (χ1) is 18.7. The molecule has 0 bridgehead atoms. The van der Waals surface area contributed by atoms with E-state index >= 15 is 0 Å². The van der Waals surface area contributed by atoms with Gasteiger partial charge in [-0.15, -0.1) is 4.52 Å². The summed E-state index contributed by atoms with van der Waals surface area (Å²) in [5, 5.41) is 23.3. The Morgan fingerprint density at radius 1 is 1.18 bits per heavy atom. The molecule has 1 fully saturated rings. The molecule has 214 valence electrons. The van der Waals surface area contributed by atoms with Crippen molar-refractivity contribution in [2.45, 2.75) is 84.2 Å². The molecule has 5 N–H and O–H groups in total. The van der Waals surface area contributed by atoms with Gasteiger partial charge in [0.2, 0.25) is 30.1 Å². The number of carbonyl (C=O) groups is 4. The standard InChI is InChI=1S/C27H40N6O6/c1-4-6-7-10-19(17-23(34)30-39)26(36)32-21(11-8-14-28-32)25(35)29-24(18(3)5-2)20-13-16-31-15-9-12-22(27(37)38)33(20)31/h9,12-13,15-16,18-19,21,24,28H,4-8,10-11,14,17H2,1-3H3,(H3-,29,30,34,35,37,38,39)/p+1. The molecule has 0 saturated carbocycles. The Morgan fingerprint density at radius 2 is 1.95 bits per heavy atom. The predicted molar refractivity (Wildman–Crippen MR) is 140 cm³/mol. The van der Waals surface area contributed by atoms with Crippen molar-refractivity contribution in [1.82, 2.24) is 25.7 Å². The summed E-state index contributed by atoms with van der Waals surface area (Å²) in [6, 6.07) is 3.63. The van der Waals surface area contributed by atoms with Crippen molar-refractivity contribution in [3.8, 4) is 0 Å². The maximum absolute atomic E-state index is 13.8. The summed E-state index contributed by atoms with van der Waals surface area (Å²) in [6.45, 7) is 6.54. The van der Waals surface area contributed by atoms with Crippen LogP contribution < -0.4 is 20.7 Å². The van der Waals surface area contributed by atoms with Gasteiger partial charge >= 0.3 is 5.97 Å². The number of unbranched alkanes of at least 4 members (excludes halogenated alkanes) is 2. The van der Waals surface area contributed by atoms with Crippen LogP contribution in [0.3, 0.4) is 0 Å². The Balaban J connectivity index is 1.89. The zero-order valence-electron chi connectivity index (χ0n) is 22.9. The number of hydrazine groups is 1. The highest BCUT2D eigenvalue weighted by atomic mass is 16.5. The van der Waals surface area contributed by atoms with Crippen LogP contribution in [0.15, 0.2) is 30.6 Å². The molecule has 0 spiro atoms. The molecule has 0 aliphatic carbocycles. The van der Waals surface area contributed by atoms with Gasteiger partial charge in [0.1, 0.15) is 11.7 Å². The topological polar surface area (TPSA) is 157 Å². The van der Waals surface area contributed by atoms with Crippen molar-refractivity contribution in [1.29, 1.82) is 0 Å². The number of fused-ring (bicyclic) bond motifs is 1. The van der Waals surface area contributed by atoms with Crippen molar-refractivity contribution in [3.63, 3.8) is 0 Å². The molecule has 4 atom stereocenters. The summed E-state index contributed by atoms with van der Waals surface area (Å²) < 4.78 is 3.23. The lowest BCUT2D eigenvalue weighted by Gasteiger charge is -2.38. The first-order valence-corrected chi connectivity index (χ1v) is 13.8. The smallest absolute Gasteiger partial charge is 0.358 e. The predicted octanol–water partition coefficient (Wildman–Crippen LogP) is 2.01. The lowest BCUT2D eigenvalue weighted by molar-refractivity contribution is -0.618. The zero-order valence-corrected chi connectivity index (χ0v) is 22.9. The Morgan fingerprint density at radius 3 is 2.62 bits per heavy atom. The molecule has 0 radical (unpaired) electrons. The van der Waals surface area contributed by atoms with Gasteiger partial charge in [-0.05, 0) is 31.2 Å². The minimum atomic E-state index is -1.09. The lowest BCUT2D eigenvalue weighted by Crippen LogP contribution is -2.60. The first kappa shape index (κ1) is 30.0. The van der Waals surface area contributed by atoms with Crippen LogP contribution in [-0.4, -0.2) is 56.1 Å². The van der Waals surface area contributed by atoms with Crippen molar-refractivity contribution >= 4 is 23.7 Å². The van der Waals surface area contributed by atoms with Crippen LogP contribution in [0, 0.1) is 11.8 Å². The number of amides is 3. The van der Waals surface area contributed by atoms with E-state index in [1.54, 1.807) is 39.0 Å². The molecule has 0 aromatic carbocycles. The normalized spacial score (nSPS) is 17.8. The van der Waals surface area contributed by atoms with E-state index in [1.807, 2.05) is 20.8 Å². The van der Waals surface area contributed by atoms with Crippen LogP contribution in [0.25, 0.3) is 0 Å². The van der Waals surface area contributed by atoms with Gasteiger partial charge < -0.3 is 10.4 Å². The number of hydrogen-bond donors (Lipinski definition) is 5. The number of rotatable bonds is 13. The summed E-state index contributed by atoms with van der Waals surface area (Å²) in [6.07, 6.45) is 8.22. The van der Waals surface area contributed by atoms with Gasteiger partial charge in [0, 0.05) is 31.0 Å². The summed E-state index contributed by atoms with van der Waals surface area (Å²) in [7, 11) is 0. The van der Waals surface area contributed by atoms with E-state index in [4.69, 9.17) is 5.21 Å². The second kappa shape index (κ2) is 14.0.